The van der Waals surface area contributed by atoms with Crippen molar-refractivity contribution in [3.8, 4) is 28.1 Å². The van der Waals surface area contributed by atoms with Gasteiger partial charge in [-0.05, 0) is 24.1 Å². The first-order valence-corrected chi connectivity index (χ1v) is 8.53. The highest BCUT2D eigenvalue weighted by molar-refractivity contribution is 5.95. The highest BCUT2D eigenvalue weighted by atomic mass is 16.4. The molecular weight excluding hydrogens is 328 g/mol. The zero-order valence-corrected chi connectivity index (χ0v) is 14.9. The second kappa shape index (κ2) is 5.46. The third-order valence-corrected chi connectivity index (χ3v) is 5.21. The van der Waals surface area contributed by atoms with E-state index >= 15 is 0 Å². The monoisotopic (exact) mass is 348 g/mol. The molecule has 0 bridgehead atoms. The summed E-state index contributed by atoms with van der Waals surface area (Å²) in [6.07, 6.45) is 1.84. The average molecular weight is 348 g/mol. The molecule has 26 heavy (non-hydrogen) atoms. The molecule has 0 saturated carbocycles. The van der Waals surface area contributed by atoms with Crippen LogP contribution >= 0.6 is 0 Å². The van der Waals surface area contributed by atoms with Crippen molar-refractivity contribution < 1.29 is 15.0 Å². The smallest absolute Gasteiger partial charge is 0.339 e. The summed E-state index contributed by atoms with van der Waals surface area (Å²) in [5, 5.41) is 24.6. The molecule has 0 amide bonds. The Labute approximate surface area is 151 Å². The number of fused-ring (bicyclic) bond motifs is 3. The van der Waals surface area contributed by atoms with Gasteiger partial charge in [-0.1, -0.05) is 44.2 Å². The Bertz CT molecular complexity index is 1030. The molecule has 4 rings (SSSR count). The fourth-order valence-electron chi connectivity index (χ4n) is 3.87. The van der Waals surface area contributed by atoms with Crippen molar-refractivity contribution in [2.24, 2.45) is 0 Å². The standard InChI is InChI=1S/C21H20N2O3/c1-12-17-16(9-14(19(12)24)20(25)26)21(2,3)11-23-18(17)15(10-22-23)13-7-5-4-6-8-13/h4-10,24H,11H2,1-3H3,(H,25,26). The number of benzene rings is 2. The predicted molar refractivity (Wildman–Crippen MR) is 99.5 cm³/mol. The van der Waals surface area contributed by atoms with E-state index in [4.69, 9.17) is 0 Å². The molecule has 1 aromatic heterocycles. The second-order valence-corrected chi connectivity index (χ2v) is 7.44. The molecule has 0 radical (unpaired) electrons. The van der Waals surface area contributed by atoms with Gasteiger partial charge >= 0.3 is 5.97 Å². The Morgan fingerprint density at radius 1 is 1.23 bits per heavy atom. The summed E-state index contributed by atoms with van der Waals surface area (Å²) < 4.78 is 1.96. The van der Waals surface area contributed by atoms with Gasteiger partial charge in [0.15, 0.2) is 0 Å². The first-order chi connectivity index (χ1) is 12.3. The predicted octanol–water partition coefficient (Wildman–Crippen LogP) is 4.22. The topological polar surface area (TPSA) is 75.3 Å². The Balaban J connectivity index is 2.07. The van der Waals surface area contributed by atoms with Gasteiger partial charge in [-0.15, -0.1) is 0 Å². The molecule has 2 heterocycles. The molecule has 3 aromatic rings. The number of nitrogens with zero attached hydrogens (tertiary/aromatic N) is 2. The number of aromatic carboxylic acids is 1. The minimum Gasteiger partial charge on any atom is -0.507 e. The lowest BCUT2D eigenvalue weighted by Crippen LogP contribution is -2.31. The Morgan fingerprint density at radius 2 is 1.92 bits per heavy atom. The zero-order valence-electron chi connectivity index (χ0n) is 14.9. The van der Waals surface area contributed by atoms with E-state index in [9.17, 15) is 15.0 Å². The van der Waals surface area contributed by atoms with Gasteiger partial charge in [0.1, 0.15) is 11.3 Å². The van der Waals surface area contributed by atoms with Gasteiger partial charge in [-0.3, -0.25) is 4.68 Å². The molecule has 0 saturated heterocycles. The summed E-state index contributed by atoms with van der Waals surface area (Å²) in [5.41, 5.74) is 4.97. The quantitative estimate of drug-likeness (QED) is 0.727. The summed E-state index contributed by atoms with van der Waals surface area (Å²) in [5.74, 6) is -1.30. The van der Waals surface area contributed by atoms with Crippen LogP contribution < -0.4 is 0 Å². The average Bonchev–Trinajstić information content (AvgIpc) is 3.00. The van der Waals surface area contributed by atoms with Crippen LogP contribution in [0.25, 0.3) is 22.4 Å². The Morgan fingerprint density at radius 3 is 2.58 bits per heavy atom. The lowest BCUT2D eigenvalue weighted by Gasteiger charge is -2.35. The summed E-state index contributed by atoms with van der Waals surface area (Å²) in [6, 6.07) is 11.6. The summed E-state index contributed by atoms with van der Waals surface area (Å²) >= 11 is 0. The lowest BCUT2D eigenvalue weighted by molar-refractivity contribution is 0.0693. The molecule has 1 aliphatic rings. The number of hydrogen-bond acceptors (Lipinski definition) is 3. The van der Waals surface area contributed by atoms with Gasteiger partial charge in [0.2, 0.25) is 0 Å². The van der Waals surface area contributed by atoms with E-state index in [-0.39, 0.29) is 16.7 Å². The maximum absolute atomic E-state index is 11.6. The molecule has 5 nitrogen and oxygen atoms in total. The summed E-state index contributed by atoms with van der Waals surface area (Å²) in [4.78, 5) is 11.6. The van der Waals surface area contributed by atoms with Crippen LogP contribution in [-0.4, -0.2) is 26.0 Å². The van der Waals surface area contributed by atoms with Crippen molar-refractivity contribution >= 4 is 5.97 Å². The van der Waals surface area contributed by atoms with Crippen LogP contribution in [0.15, 0.2) is 42.6 Å². The Kier molecular flexibility index (Phi) is 3.44. The molecule has 0 fully saturated rings. The molecule has 0 spiro atoms. The number of carboxylic acid groups (broad SMARTS) is 1. The highest BCUT2D eigenvalue weighted by Crippen LogP contribution is 2.48. The van der Waals surface area contributed by atoms with E-state index in [0.29, 0.717) is 12.1 Å². The van der Waals surface area contributed by atoms with Gasteiger partial charge in [0.05, 0.1) is 18.4 Å². The highest BCUT2D eigenvalue weighted by Gasteiger charge is 2.36. The number of aromatic hydroxyl groups is 1. The molecular formula is C21H20N2O3. The van der Waals surface area contributed by atoms with Crippen LogP contribution in [0.5, 0.6) is 5.75 Å². The SMILES string of the molecule is Cc1c(O)c(C(=O)O)cc2c1-c1c(-c3ccccc3)cnn1CC2(C)C. The number of phenols is 1. The molecule has 0 atom stereocenters. The third-order valence-electron chi connectivity index (χ3n) is 5.21. The van der Waals surface area contributed by atoms with Crippen LogP contribution in [-0.2, 0) is 12.0 Å². The second-order valence-electron chi connectivity index (χ2n) is 7.44. The summed E-state index contributed by atoms with van der Waals surface area (Å²) in [6.45, 7) is 6.56. The van der Waals surface area contributed by atoms with Crippen LogP contribution in [0.3, 0.4) is 0 Å². The number of rotatable bonds is 2. The Hall–Kier alpha value is -3.08. The minimum absolute atomic E-state index is 0.0523. The minimum atomic E-state index is -1.12. The maximum Gasteiger partial charge on any atom is 0.339 e. The fraction of sp³-hybridized carbons (Fsp3) is 0.238. The molecule has 2 aromatic carbocycles. The largest absolute Gasteiger partial charge is 0.507 e. The summed E-state index contributed by atoms with van der Waals surface area (Å²) in [7, 11) is 0. The van der Waals surface area contributed by atoms with Crippen LogP contribution in [0.4, 0.5) is 0 Å². The van der Waals surface area contributed by atoms with Gasteiger partial charge in [-0.25, -0.2) is 4.79 Å². The van der Waals surface area contributed by atoms with E-state index in [2.05, 4.69) is 18.9 Å². The first kappa shape index (κ1) is 16.4. The van der Waals surface area contributed by atoms with Crippen molar-refractivity contribution in [2.45, 2.75) is 32.7 Å². The number of aromatic nitrogens is 2. The van der Waals surface area contributed by atoms with Gasteiger partial charge in [0, 0.05) is 22.1 Å². The van der Waals surface area contributed by atoms with E-state index in [0.717, 1.165) is 27.9 Å². The van der Waals surface area contributed by atoms with Crippen molar-refractivity contribution in [1.82, 2.24) is 9.78 Å². The number of hydrogen-bond donors (Lipinski definition) is 2. The van der Waals surface area contributed by atoms with Crippen LogP contribution in [0, 0.1) is 6.92 Å². The first-order valence-electron chi connectivity index (χ1n) is 8.53. The van der Waals surface area contributed by atoms with Gasteiger partial charge < -0.3 is 10.2 Å². The van der Waals surface area contributed by atoms with E-state index in [1.807, 2.05) is 41.2 Å². The van der Waals surface area contributed by atoms with E-state index in [1.54, 1.807) is 13.0 Å². The molecule has 5 heteroatoms. The lowest BCUT2D eigenvalue weighted by atomic mass is 9.75. The van der Waals surface area contributed by atoms with Crippen LogP contribution in [0.1, 0.15) is 35.3 Å². The molecule has 1 aliphatic heterocycles. The normalized spacial score (nSPS) is 14.6. The van der Waals surface area contributed by atoms with Crippen molar-refractivity contribution in [3.63, 3.8) is 0 Å². The van der Waals surface area contributed by atoms with Crippen molar-refractivity contribution in [1.29, 1.82) is 0 Å². The number of carboxylic acids is 1. The zero-order chi connectivity index (χ0) is 18.6. The van der Waals surface area contributed by atoms with E-state index in [1.165, 1.54) is 0 Å². The fourth-order valence-corrected chi connectivity index (χ4v) is 3.87. The number of carbonyl (C=O) groups is 1. The van der Waals surface area contributed by atoms with Gasteiger partial charge in [0.25, 0.3) is 0 Å². The van der Waals surface area contributed by atoms with Crippen LogP contribution in [0.2, 0.25) is 0 Å². The van der Waals surface area contributed by atoms with Crippen molar-refractivity contribution in [2.75, 3.05) is 0 Å². The third kappa shape index (κ3) is 2.24. The van der Waals surface area contributed by atoms with Gasteiger partial charge in [-0.2, -0.15) is 5.10 Å². The maximum atomic E-state index is 11.6. The molecule has 0 aliphatic carbocycles. The van der Waals surface area contributed by atoms with Crippen molar-refractivity contribution in [3.05, 3.63) is 59.3 Å². The molecule has 2 N–H and O–H groups in total. The molecule has 132 valence electrons. The molecule has 0 unspecified atom stereocenters. The van der Waals surface area contributed by atoms with E-state index < -0.39 is 5.97 Å².